The zero-order valence-corrected chi connectivity index (χ0v) is 12.7. The second-order valence-corrected chi connectivity index (χ2v) is 6.73. The van der Waals surface area contributed by atoms with Crippen LogP contribution in [-0.2, 0) is 4.79 Å². The van der Waals surface area contributed by atoms with Crippen molar-refractivity contribution in [2.45, 2.75) is 77.7 Å². The third kappa shape index (κ3) is 4.79. The van der Waals surface area contributed by atoms with Crippen LogP contribution in [-0.4, -0.2) is 21.8 Å². The molecule has 0 amide bonds. The maximum absolute atomic E-state index is 11.5. The number of hydrogen-bond donors (Lipinski definition) is 2. The molecule has 3 heteroatoms. The number of unbranched alkanes of at least 4 members (excludes halogenated alkanes) is 1. The summed E-state index contributed by atoms with van der Waals surface area (Å²) in [5.41, 5.74) is -0.973. The summed E-state index contributed by atoms with van der Waals surface area (Å²) in [6.45, 7) is 6.45. The van der Waals surface area contributed by atoms with E-state index in [-0.39, 0.29) is 0 Å². The maximum atomic E-state index is 11.5. The first-order chi connectivity index (χ1) is 8.89. The Labute approximate surface area is 117 Å². The SMILES string of the molecule is CCCCC(C(=O)O)C1(O)CCCC(CC(C)C)C1. The highest BCUT2D eigenvalue weighted by Gasteiger charge is 2.44. The molecule has 3 atom stereocenters. The monoisotopic (exact) mass is 270 g/mol. The van der Waals surface area contributed by atoms with Crippen LogP contribution in [0, 0.1) is 17.8 Å². The number of carboxylic acid groups (broad SMARTS) is 1. The predicted molar refractivity (Wildman–Crippen MR) is 77.0 cm³/mol. The average Bonchev–Trinajstić information content (AvgIpc) is 2.27. The van der Waals surface area contributed by atoms with Gasteiger partial charge < -0.3 is 10.2 Å². The Morgan fingerprint density at radius 1 is 1.42 bits per heavy atom. The van der Waals surface area contributed by atoms with Gasteiger partial charge in [-0.3, -0.25) is 4.79 Å². The van der Waals surface area contributed by atoms with Crippen LogP contribution in [0.15, 0.2) is 0 Å². The highest BCUT2D eigenvalue weighted by atomic mass is 16.4. The van der Waals surface area contributed by atoms with E-state index in [1.165, 1.54) is 0 Å². The molecule has 0 aromatic carbocycles. The smallest absolute Gasteiger partial charge is 0.309 e. The highest BCUT2D eigenvalue weighted by molar-refractivity contribution is 5.71. The molecular weight excluding hydrogens is 240 g/mol. The molecule has 1 saturated carbocycles. The Hall–Kier alpha value is -0.570. The fourth-order valence-electron chi connectivity index (χ4n) is 3.62. The van der Waals surface area contributed by atoms with Gasteiger partial charge in [-0.25, -0.2) is 0 Å². The lowest BCUT2D eigenvalue weighted by Crippen LogP contribution is -2.46. The van der Waals surface area contributed by atoms with Crippen molar-refractivity contribution < 1.29 is 15.0 Å². The molecule has 0 aliphatic heterocycles. The molecule has 1 aliphatic rings. The van der Waals surface area contributed by atoms with Gasteiger partial charge >= 0.3 is 5.97 Å². The lowest BCUT2D eigenvalue weighted by Gasteiger charge is -2.41. The molecule has 0 heterocycles. The first-order valence-corrected chi connectivity index (χ1v) is 7.84. The summed E-state index contributed by atoms with van der Waals surface area (Å²) in [4.78, 5) is 11.5. The van der Waals surface area contributed by atoms with Crippen molar-refractivity contribution in [1.29, 1.82) is 0 Å². The highest BCUT2D eigenvalue weighted by Crippen LogP contribution is 2.41. The van der Waals surface area contributed by atoms with Gasteiger partial charge in [-0.2, -0.15) is 0 Å². The Bertz CT molecular complexity index is 288. The Kier molecular flexibility index (Phi) is 6.31. The van der Waals surface area contributed by atoms with Crippen molar-refractivity contribution in [1.82, 2.24) is 0 Å². The third-order valence-electron chi connectivity index (χ3n) is 4.46. The van der Waals surface area contributed by atoms with Gasteiger partial charge in [0.1, 0.15) is 0 Å². The molecule has 112 valence electrons. The van der Waals surface area contributed by atoms with E-state index in [0.717, 1.165) is 32.1 Å². The standard InChI is InChI=1S/C16H30O3/c1-4-5-8-14(15(17)18)16(19)9-6-7-13(11-16)10-12(2)3/h12-14,19H,4-11H2,1-3H3,(H,17,18). The quantitative estimate of drug-likeness (QED) is 0.739. The molecule has 0 radical (unpaired) electrons. The number of aliphatic carboxylic acids is 1. The van der Waals surface area contributed by atoms with Crippen LogP contribution in [0.1, 0.15) is 72.1 Å². The molecule has 19 heavy (non-hydrogen) atoms. The van der Waals surface area contributed by atoms with Gasteiger partial charge in [-0.05, 0) is 37.5 Å². The van der Waals surface area contributed by atoms with Crippen molar-refractivity contribution in [3.8, 4) is 0 Å². The maximum Gasteiger partial charge on any atom is 0.309 e. The first-order valence-electron chi connectivity index (χ1n) is 7.84. The minimum Gasteiger partial charge on any atom is -0.481 e. The van der Waals surface area contributed by atoms with Crippen LogP contribution < -0.4 is 0 Å². The number of hydrogen-bond acceptors (Lipinski definition) is 2. The minimum absolute atomic E-state index is 0.488. The molecule has 0 aromatic rings. The van der Waals surface area contributed by atoms with E-state index in [9.17, 15) is 15.0 Å². The molecule has 0 spiro atoms. The molecule has 1 aliphatic carbocycles. The number of aliphatic hydroxyl groups is 1. The van der Waals surface area contributed by atoms with Gasteiger partial charge in [0.15, 0.2) is 0 Å². The van der Waals surface area contributed by atoms with Crippen LogP contribution in [0.3, 0.4) is 0 Å². The molecule has 3 nitrogen and oxygen atoms in total. The largest absolute Gasteiger partial charge is 0.481 e. The summed E-state index contributed by atoms with van der Waals surface area (Å²) < 4.78 is 0. The van der Waals surface area contributed by atoms with E-state index < -0.39 is 17.5 Å². The molecular formula is C16H30O3. The Balaban J connectivity index is 2.71. The third-order valence-corrected chi connectivity index (χ3v) is 4.46. The predicted octanol–water partition coefficient (Wildman–Crippen LogP) is 3.84. The fourth-order valence-corrected chi connectivity index (χ4v) is 3.62. The van der Waals surface area contributed by atoms with Crippen LogP contribution in [0.2, 0.25) is 0 Å². The summed E-state index contributed by atoms with van der Waals surface area (Å²) in [6, 6.07) is 0. The van der Waals surface area contributed by atoms with E-state index in [2.05, 4.69) is 20.8 Å². The van der Waals surface area contributed by atoms with Gasteiger partial charge in [0, 0.05) is 0 Å². The molecule has 0 saturated heterocycles. The van der Waals surface area contributed by atoms with E-state index in [4.69, 9.17) is 0 Å². The number of rotatable bonds is 7. The molecule has 2 N–H and O–H groups in total. The second-order valence-electron chi connectivity index (χ2n) is 6.73. The van der Waals surface area contributed by atoms with E-state index in [1.54, 1.807) is 0 Å². The number of carboxylic acids is 1. The Morgan fingerprint density at radius 2 is 2.11 bits per heavy atom. The minimum atomic E-state index is -0.973. The normalized spacial score (nSPS) is 29.4. The van der Waals surface area contributed by atoms with Crippen molar-refractivity contribution in [3.63, 3.8) is 0 Å². The lowest BCUT2D eigenvalue weighted by molar-refractivity contribution is -0.157. The fraction of sp³-hybridized carbons (Fsp3) is 0.938. The van der Waals surface area contributed by atoms with Gasteiger partial charge in [-0.15, -0.1) is 0 Å². The molecule has 3 unspecified atom stereocenters. The van der Waals surface area contributed by atoms with Gasteiger partial charge in [0.05, 0.1) is 11.5 Å². The van der Waals surface area contributed by atoms with E-state index in [0.29, 0.717) is 31.1 Å². The van der Waals surface area contributed by atoms with Crippen molar-refractivity contribution in [3.05, 3.63) is 0 Å². The van der Waals surface area contributed by atoms with Crippen LogP contribution in [0.25, 0.3) is 0 Å². The van der Waals surface area contributed by atoms with Gasteiger partial charge in [-0.1, -0.05) is 46.5 Å². The van der Waals surface area contributed by atoms with Crippen molar-refractivity contribution >= 4 is 5.97 Å². The summed E-state index contributed by atoms with van der Waals surface area (Å²) in [5.74, 6) is -0.294. The lowest BCUT2D eigenvalue weighted by atomic mass is 9.68. The van der Waals surface area contributed by atoms with Crippen LogP contribution in [0.5, 0.6) is 0 Å². The molecule has 1 fully saturated rings. The topological polar surface area (TPSA) is 57.5 Å². The zero-order chi connectivity index (χ0) is 14.5. The summed E-state index contributed by atoms with van der Waals surface area (Å²) in [5, 5.41) is 20.3. The van der Waals surface area contributed by atoms with E-state index >= 15 is 0 Å². The van der Waals surface area contributed by atoms with Gasteiger partial charge in [0.2, 0.25) is 0 Å². The molecule has 1 rings (SSSR count). The average molecular weight is 270 g/mol. The number of carbonyl (C=O) groups is 1. The van der Waals surface area contributed by atoms with E-state index in [1.807, 2.05) is 0 Å². The molecule has 0 bridgehead atoms. The summed E-state index contributed by atoms with van der Waals surface area (Å²) in [7, 11) is 0. The van der Waals surface area contributed by atoms with Crippen molar-refractivity contribution in [2.75, 3.05) is 0 Å². The van der Waals surface area contributed by atoms with Gasteiger partial charge in [0.25, 0.3) is 0 Å². The first kappa shape index (κ1) is 16.5. The summed E-state index contributed by atoms with van der Waals surface area (Å²) in [6.07, 6.45) is 7.00. The second kappa shape index (κ2) is 7.28. The summed E-state index contributed by atoms with van der Waals surface area (Å²) >= 11 is 0. The van der Waals surface area contributed by atoms with Crippen LogP contribution in [0.4, 0.5) is 0 Å². The van der Waals surface area contributed by atoms with Crippen molar-refractivity contribution in [2.24, 2.45) is 17.8 Å². The Morgan fingerprint density at radius 3 is 2.63 bits per heavy atom. The van der Waals surface area contributed by atoms with Crippen LogP contribution >= 0.6 is 0 Å². The zero-order valence-electron chi connectivity index (χ0n) is 12.7. The molecule has 0 aromatic heterocycles.